The van der Waals surface area contributed by atoms with Crippen LogP contribution < -0.4 is 5.73 Å². The van der Waals surface area contributed by atoms with Gasteiger partial charge in [-0.25, -0.2) is 0 Å². The van der Waals surface area contributed by atoms with Gasteiger partial charge in [-0.05, 0) is 44.1 Å². The number of piperidine rings is 1. The van der Waals surface area contributed by atoms with Gasteiger partial charge < -0.3 is 10.6 Å². The molecule has 1 aliphatic heterocycles. The second-order valence-corrected chi connectivity index (χ2v) is 5.84. The molecule has 0 aliphatic carbocycles. The van der Waals surface area contributed by atoms with Gasteiger partial charge in [0.1, 0.15) is 0 Å². The predicted octanol–water partition coefficient (Wildman–Crippen LogP) is 3.03. The quantitative estimate of drug-likeness (QED) is 0.794. The zero-order chi connectivity index (χ0) is 12.5. The Bertz CT molecular complexity index is 367. The molecule has 94 valence electrons. The van der Waals surface area contributed by atoms with Gasteiger partial charge in [0.15, 0.2) is 0 Å². The molecule has 1 fully saturated rings. The Kier molecular flexibility index (Phi) is 3.43. The molecule has 2 rings (SSSR count). The SMILES string of the molecule is CN1CCCCC1C(C)(C)c1ccc(N)cc1. The first kappa shape index (κ1) is 12.4. The zero-order valence-corrected chi connectivity index (χ0v) is 11.2. The maximum Gasteiger partial charge on any atom is 0.0314 e. The number of anilines is 1. The third kappa shape index (κ3) is 2.47. The molecule has 0 amide bonds. The molecule has 1 unspecified atom stereocenters. The van der Waals surface area contributed by atoms with Gasteiger partial charge in [0, 0.05) is 17.1 Å². The third-order valence-corrected chi connectivity index (χ3v) is 4.26. The van der Waals surface area contributed by atoms with E-state index in [2.05, 4.69) is 37.9 Å². The van der Waals surface area contributed by atoms with Gasteiger partial charge in [0.05, 0.1) is 0 Å². The highest BCUT2D eigenvalue weighted by Gasteiger charge is 2.35. The summed E-state index contributed by atoms with van der Waals surface area (Å²) < 4.78 is 0. The minimum Gasteiger partial charge on any atom is -0.399 e. The van der Waals surface area contributed by atoms with Crippen molar-refractivity contribution in [3.63, 3.8) is 0 Å². The summed E-state index contributed by atoms with van der Waals surface area (Å²) in [4.78, 5) is 2.51. The van der Waals surface area contributed by atoms with Gasteiger partial charge in [-0.2, -0.15) is 0 Å². The number of benzene rings is 1. The first-order valence-electron chi connectivity index (χ1n) is 6.58. The molecule has 0 bridgehead atoms. The van der Waals surface area contributed by atoms with Crippen LogP contribution in [0.3, 0.4) is 0 Å². The van der Waals surface area contributed by atoms with Gasteiger partial charge >= 0.3 is 0 Å². The molecule has 2 N–H and O–H groups in total. The van der Waals surface area contributed by atoms with Crippen LogP contribution in [0.1, 0.15) is 38.7 Å². The Balaban J connectivity index is 2.24. The first-order chi connectivity index (χ1) is 8.01. The normalized spacial score (nSPS) is 22.6. The van der Waals surface area contributed by atoms with Crippen molar-refractivity contribution in [1.82, 2.24) is 4.90 Å². The number of nitrogens with zero attached hydrogens (tertiary/aromatic N) is 1. The molecule has 17 heavy (non-hydrogen) atoms. The second kappa shape index (κ2) is 4.69. The maximum absolute atomic E-state index is 5.77. The van der Waals surface area contributed by atoms with Crippen LogP contribution in [0, 0.1) is 0 Å². The van der Waals surface area contributed by atoms with Gasteiger partial charge in [-0.15, -0.1) is 0 Å². The van der Waals surface area contributed by atoms with E-state index in [1.54, 1.807) is 0 Å². The fourth-order valence-corrected chi connectivity index (χ4v) is 3.09. The molecule has 0 saturated carbocycles. The van der Waals surface area contributed by atoms with E-state index < -0.39 is 0 Å². The fourth-order valence-electron chi connectivity index (χ4n) is 3.09. The van der Waals surface area contributed by atoms with E-state index in [1.807, 2.05) is 12.1 Å². The molecule has 1 aliphatic rings. The standard InChI is InChI=1S/C15H24N2/c1-15(2,12-7-9-13(16)10-8-12)14-6-4-5-11-17(14)3/h7-10,14H,4-6,11,16H2,1-3H3. The minimum absolute atomic E-state index is 0.197. The highest BCUT2D eigenvalue weighted by Crippen LogP contribution is 2.35. The molecule has 2 heteroatoms. The molecule has 1 atom stereocenters. The van der Waals surface area contributed by atoms with Gasteiger partial charge in [-0.3, -0.25) is 0 Å². The topological polar surface area (TPSA) is 29.3 Å². The molecule has 1 aromatic carbocycles. The Morgan fingerprint density at radius 2 is 1.82 bits per heavy atom. The number of hydrogen-bond donors (Lipinski definition) is 1. The Morgan fingerprint density at radius 1 is 1.18 bits per heavy atom. The second-order valence-electron chi connectivity index (χ2n) is 5.84. The van der Waals surface area contributed by atoms with E-state index in [0.29, 0.717) is 6.04 Å². The van der Waals surface area contributed by atoms with Gasteiger partial charge in [0.2, 0.25) is 0 Å². The van der Waals surface area contributed by atoms with Crippen molar-refractivity contribution in [2.45, 2.75) is 44.6 Å². The fraction of sp³-hybridized carbons (Fsp3) is 0.600. The van der Waals surface area contributed by atoms with Crippen LogP contribution >= 0.6 is 0 Å². The van der Waals surface area contributed by atoms with E-state index >= 15 is 0 Å². The zero-order valence-electron chi connectivity index (χ0n) is 11.2. The molecular weight excluding hydrogens is 208 g/mol. The van der Waals surface area contributed by atoms with Crippen molar-refractivity contribution in [2.75, 3.05) is 19.3 Å². The number of nitrogens with two attached hydrogens (primary N) is 1. The van der Waals surface area contributed by atoms with E-state index in [0.717, 1.165) is 5.69 Å². The monoisotopic (exact) mass is 232 g/mol. The lowest BCUT2D eigenvalue weighted by Gasteiger charge is -2.43. The number of rotatable bonds is 2. The van der Waals surface area contributed by atoms with E-state index in [9.17, 15) is 0 Å². The summed E-state index contributed by atoms with van der Waals surface area (Å²) in [7, 11) is 2.25. The van der Waals surface area contributed by atoms with Crippen LogP contribution in [0.15, 0.2) is 24.3 Å². The minimum atomic E-state index is 0.197. The van der Waals surface area contributed by atoms with Crippen molar-refractivity contribution in [2.24, 2.45) is 0 Å². The average Bonchev–Trinajstić information content (AvgIpc) is 2.30. The van der Waals surface area contributed by atoms with E-state index in [-0.39, 0.29) is 5.41 Å². The largest absolute Gasteiger partial charge is 0.399 e. The molecule has 1 heterocycles. The lowest BCUT2D eigenvalue weighted by atomic mass is 9.74. The molecule has 1 aromatic rings. The molecule has 0 radical (unpaired) electrons. The lowest BCUT2D eigenvalue weighted by molar-refractivity contribution is 0.121. The van der Waals surface area contributed by atoms with Crippen molar-refractivity contribution >= 4 is 5.69 Å². The third-order valence-electron chi connectivity index (χ3n) is 4.26. The van der Waals surface area contributed by atoms with Gasteiger partial charge in [0.25, 0.3) is 0 Å². The first-order valence-corrected chi connectivity index (χ1v) is 6.58. The van der Waals surface area contributed by atoms with Crippen molar-refractivity contribution in [3.8, 4) is 0 Å². The van der Waals surface area contributed by atoms with Crippen molar-refractivity contribution < 1.29 is 0 Å². The summed E-state index contributed by atoms with van der Waals surface area (Å²) >= 11 is 0. The molecular formula is C15H24N2. The van der Waals surface area contributed by atoms with Gasteiger partial charge in [-0.1, -0.05) is 32.4 Å². The smallest absolute Gasteiger partial charge is 0.0314 e. The predicted molar refractivity (Wildman–Crippen MR) is 74.1 cm³/mol. The van der Waals surface area contributed by atoms with Crippen LogP contribution in [-0.4, -0.2) is 24.5 Å². The number of likely N-dealkylation sites (tertiary alicyclic amines) is 1. The average molecular weight is 232 g/mol. The summed E-state index contributed by atoms with van der Waals surface area (Å²) in [6, 6.07) is 9.02. The Hall–Kier alpha value is -1.02. The van der Waals surface area contributed by atoms with E-state index in [1.165, 1.54) is 31.4 Å². The maximum atomic E-state index is 5.77. The van der Waals surface area contributed by atoms with Crippen molar-refractivity contribution in [3.05, 3.63) is 29.8 Å². The molecule has 0 spiro atoms. The molecule has 0 aromatic heterocycles. The van der Waals surface area contributed by atoms with Crippen LogP contribution in [-0.2, 0) is 5.41 Å². The lowest BCUT2D eigenvalue weighted by Crippen LogP contribution is -2.48. The van der Waals surface area contributed by atoms with Crippen LogP contribution in [0.4, 0.5) is 5.69 Å². The molecule has 1 saturated heterocycles. The summed E-state index contributed by atoms with van der Waals surface area (Å²) in [5, 5.41) is 0. The summed E-state index contributed by atoms with van der Waals surface area (Å²) in [6.07, 6.45) is 3.99. The molecule has 2 nitrogen and oxygen atoms in total. The summed E-state index contributed by atoms with van der Waals surface area (Å²) in [5.74, 6) is 0. The van der Waals surface area contributed by atoms with Crippen LogP contribution in [0.2, 0.25) is 0 Å². The number of likely N-dealkylation sites (N-methyl/N-ethyl adjacent to an activating group) is 1. The summed E-state index contributed by atoms with van der Waals surface area (Å²) in [6.45, 7) is 5.93. The van der Waals surface area contributed by atoms with E-state index in [4.69, 9.17) is 5.73 Å². The highest BCUT2D eigenvalue weighted by molar-refractivity contribution is 5.41. The number of nitrogen functional groups attached to an aromatic ring is 1. The van der Waals surface area contributed by atoms with Crippen molar-refractivity contribution in [1.29, 1.82) is 0 Å². The summed E-state index contributed by atoms with van der Waals surface area (Å²) in [5.41, 5.74) is 8.21. The Morgan fingerprint density at radius 3 is 2.41 bits per heavy atom. The number of hydrogen-bond acceptors (Lipinski definition) is 2. The Labute approximate surface area is 105 Å². The van der Waals surface area contributed by atoms with Crippen LogP contribution in [0.25, 0.3) is 0 Å². The highest BCUT2D eigenvalue weighted by atomic mass is 15.1. The van der Waals surface area contributed by atoms with Crippen LogP contribution in [0.5, 0.6) is 0 Å².